The SMILES string of the molecule is O=C(c1cnn2c(C(F)(F)F)cc(N3C=CC=NC3)nc12)N1CCOCC1. The van der Waals surface area contributed by atoms with Gasteiger partial charge in [0.1, 0.15) is 18.1 Å². The van der Waals surface area contributed by atoms with Crippen molar-refractivity contribution in [1.82, 2.24) is 19.5 Å². The van der Waals surface area contributed by atoms with E-state index in [-0.39, 0.29) is 23.7 Å². The van der Waals surface area contributed by atoms with Crippen LogP contribution in [-0.2, 0) is 10.9 Å². The van der Waals surface area contributed by atoms with Gasteiger partial charge in [0, 0.05) is 31.6 Å². The van der Waals surface area contributed by atoms with Crippen LogP contribution < -0.4 is 4.90 Å². The lowest BCUT2D eigenvalue weighted by atomic mass is 10.2. The molecule has 2 aliphatic heterocycles. The van der Waals surface area contributed by atoms with Gasteiger partial charge in [0.05, 0.1) is 19.4 Å². The van der Waals surface area contributed by atoms with Crippen LogP contribution in [-0.4, -0.2) is 64.6 Å². The van der Waals surface area contributed by atoms with E-state index in [4.69, 9.17) is 4.74 Å². The maximum atomic E-state index is 13.6. The lowest BCUT2D eigenvalue weighted by molar-refractivity contribution is -0.142. The molecule has 27 heavy (non-hydrogen) atoms. The molecule has 2 aromatic heterocycles. The lowest BCUT2D eigenvalue weighted by Crippen LogP contribution is -2.40. The molecular weight excluding hydrogens is 365 g/mol. The second-order valence-electron chi connectivity index (χ2n) is 5.98. The Hall–Kier alpha value is -2.95. The average molecular weight is 380 g/mol. The van der Waals surface area contributed by atoms with Crippen molar-refractivity contribution in [1.29, 1.82) is 0 Å². The molecule has 4 heterocycles. The van der Waals surface area contributed by atoms with E-state index in [0.717, 1.165) is 12.3 Å². The maximum Gasteiger partial charge on any atom is 0.433 e. The zero-order valence-electron chi connectivity index (χ0n) is 14.1. The molecule has 0 aliphatic carbocycles. The van der Waals surface area contributed by atoms with E-state index in [9.17, 15) is 18.0 Å². The number of anilines is 1. The first-order valence-corrected chi connectivity index (χ1v) is 8.21. The Balaban J connectivity index is 1.83. The van der Waals surface area contributed by atoms with Gasteiger partial charge in [-0.25, -0.2) is 9.50 Å². The van der Waals surface area contributed by atoms with Crippen molar-refractivity contribution >= 4 is 23.6 Å². The normalized spacial score (nSPS) is 17.7. The molecule has 142 valence electrons. The van der Waals surface area contributed by atoms with Crippen molar-refractivity contribution in [3.63, 3.8) is 0 Å². The summed E-state index contributed by atoms with van der Waals surface area (Å²) in [6.45, 7) is 1.64. The van der Waals surface area contributed by atoms with Gasteiger partial charge >= 0.3 is 6.18 Å². The second kappa shape index (κ2) is 6.65. The summed E-state index contributed by atoms with van der Waals surface area (Å²) in [7, 11) is 0. The number of rotatable bonds is 2. The van der Waals surface area contributed by atoms with Crippen molar-refractivity contribution in [2.45, 2.75) is 6.18 Å². The fourth-order valence-corrected chi connectivity index (χ4v) is 2.92. The Bertz CT molecular complexity index is 930. The van der Waals surface area contributed by atoms with Crippen LogP contribution in [0.5, 0.6) is 0 Å². The van der Waals surface area contributed by atoms with Crippen LogP contribution in [0.25, 0.3) is 5.65 Å². The zero-order chi connectivity index (χ0) is 19.0. The van der Waals surface area contributed by atoms with Crippen LogP contribution in [0.15, 0.2) is 29.5 Å². The molecule has 0 spiro atoms. The van der Waals surface area contributed by atoms with E-state index in [0.29, 0.717) is 30.8 Å². The van der Waals surface area contributed by atoms with E-state index < -0.39 is 17.8 Å². The molecule has 1 saturated heterocycles. The highest BCUT2D eigenvalue weighted by Gasteiger charge is 2.37. The number of nitrogens with zero attached hydrogens (tertiary/aromatic N) is 6. The molecular formula is C16H15F3N6O2. The monoisotopic (exact) mass is 380 g/mol. The van der Waals surface area contributed by atoms with Crippen molar-refractivity contribution in [3.05, 3.63) is 35.8 Å². The minimum absolute atomic E-state index is 0.0220. The van der Waals surface area contributed by atoms with E-state index in [1.165, 1.54) is 9.80 Å². The summed E-state index contributed by atoms with van der Waals surface area (Å²) in [5, 5.41) is 3.78. The van der Waals surface area contributed by atoms with Crippen molar-refractivity contribution in [2.24, 2.45) is 4.99 Å². The predicted molar refractivity (Wildman–Crippen MR) is 89.7 cm³/mol. The van der Waals surface area contributed by atoms with Crippen LogP contribution in [0.1, 0.15) is 16.1 Å². The van der Waals surface area contributed by atoms with E-state index in [1.54, 1.807) is 18.5 Å². The molecule has 1 amide bonds. The van der Waals surface area contributed by atoms with Crippen LogP contribution in [0, 0.1) is 0 Å². The number of amides is 1. The Morgan fingerprint density at radius 2 is 2.00 bits per heavy atom. The third-order valence-corrected chi connectivity index (χ3v) is 4.26. The van der Waals surface area contributed by atoms with E-state index in [2.05, 4.69) is 15.1 Å². The van der Waals surface area contributed by atoms with Crippen LogP contribution in [0.4, 0.5) is 19.0 Å². The zero-order valence-corrected chi connectivity index (χ0v) is 14.1. The van der Waals surface area contributed by atoms with Gasteiger partial charge in [-0.3, -0.25) is 9.79 Å². The number of hydrogen-bond acceptors (Lipinski definition) is 6. The summed E-state index contributed by atoms with van der Waals surface area (Å²) in [4.78, 5) is 24.0. The van der Waals surface area contributed by atoms with Gasteiger partial charge in [0.2, 0.25) is 0 Å². The highest BCUT2D eigenvalue weighted by molar-refractivity contribution is 6.00. The highest BCUT2D eigenvalue weighted by Crippen LogP contribution is 2.32. The van der Waals surface area contributed by atoms with Crippen molar-refractivity contribution in [3.8, 4) is 0 Å². The summed E-state index contributed by atoms with van der Waals surface area (Å²) < 4.78 is 46.6. The molecule has 8 nitrogen and oxygen atoms in total. The number of aromatic nitrogens is 3. The highest BCUT2D eigenvalue weighted by atomic mass is 19.4. The first-order valence-electron chi connectivity index (χ1n) is 8.21. The maximum absolute atomic E-state index is 13.6. The summed E-state index contributed by atoms with van der Waals surface area (Å²) in [6.07, 6.45) is 1.18. The fourth-order valence-electron chi connectivity index (χ4n) is 2.92. The molecule has 0 aromatic carbocycles. The topological polar surface area (TPSA) is 75.3 Å². The number of allylic oxidation sites excluding steroid dienone is 1. The molecule has 0 N–H and O–H groups in total. The Morgan fingerprint density at radius 1 is 1.22 bits per heavy atom. The summed E-state index contributed by atoms with van der Waals surface area (Å²) in [6, 6.07) is 0.897. The van der Waals surface area contributed by atoms with Gasteiger partial charge in [-0.1, -0.05) is 0 Å². The molecule has 0 bridgehead atoms. The Labute approximate surface area is 151 Å². The molecule has 11 heteroatoms. The second-order valence-corrected chi connectivity index (χ2v) is 5.98. The molecule has 2 aliphatic rings. The summed E-state index contributed by atoms with van der Waals surface area (Å²) in [5.74, 6) is -0.377. The third kappa shape index (κ3) is 3.25. The largest absolute Gasteiger partial charge is 0.433 e. The number of carbonyl (C=O) groups excluding carboxylic acids is 1. The Kier molecular flexibility index (Phi) is 4.30. The standard InChI is InChI=1S/C16H15F3N6O2/c17-16(18,19)12-8-13(24-3-1-2-20-10-24)22-14-11(9-21-25(12)14)15(26)23-4-6-27-7-5-23/h1-3,8-9H,4-7,10H2. The van der Waals surface area contributed by atoms with Gasteiger partial charge in [-0.15, -0.1) is 0 Å². The minimum atomic E-state index is -4.66. The molecule has 0 atom stereocenters. The number of halogens is 3. The van der Waals surface area contributed by atoms with Crippen molar-refractivity contribution in [2.75, 3.05) is 37.9 Å². The van der Waals surface area contributed by atoms with Gasteiger partial charge in [0.15, 0.2) is 11.3 Å². The van der Waals surface area contributed by atoms with Gasteiger partial charge in [-0.2, -0.15) is 18.3 Å². The average Bonchev–Trinajstić information content (AvgIpc) is 3.11. The van der Waals surface area contributed by atoms with Crippen molar-refractivity contribution < 1.29 is 22.7 Å². The van der Waals surface area contributed by atoms with Crippen LogP contribution in [0.3, 0.4) is 0 Å². The number of hydrogen-bond donors (Lipinski definition) is 0. The first-order chi connectivity index (χ1) is 12.9. The fraction of sp³-hybridized carbons (Fsp3) is 0.375. The molecule has 0 unspecified atom stereocenters. The number of ether oxygens (including phenoxy) is 1. The number of fused-ring (bicyclic) bond motifs is 1. The first kappa shape index (κ1) is 17.5. The van der Waals surface area contributed by atoms with Crippen LogP contribution >= 0.6 is 0 Å². The minimum Gasteiger partial charge on any atom is -0.378 e. The van der Waals surface area contributed by atoms with Gasteiger partial charge in [-0.05, 0) is 6.08 Å². The smallest absolute Gasteiger partial charge is 0.378 e. The molecule has 4 rings (SSSR count). The molecule has 0 radical (unpaired) electrons. The summed E-state index contributed by atoms with van der Waals surface area (Å²) >= 11 is 0. The quantitative estimate of drug-likeness (QED) is 0.791. The number of carbonyl (C=O) groups is 1. The third-order valence-electron chi connectivity index (χ3n) is 4.26. The van der Waals surface area contributed by atoms with Gasteiger partial charge < -0.3 is 14.5 Å². The van der Waals surface area contributed by atoms with E-state index >= 15 is 0 Å². The van der Waals surface area contributed by atoms with Gasteiger partial charge in [0.25, 0.3) is 5.91 Å². The molecule has 2 aromatic rings. The van der Waals surface area contributed by atoms with Crippen LogP contribution in [0.2, 0.25) is 0 Å². The number of aliphatic imine (C=N–C) groups is 1. The molecule has 0 saturated carbocycles. The Morgan fingerprint density at radius 3 is 2.67 bits per heavy atom. The summed E-state index contributed by atoms with van der Waals surface area (Å²) in [5.41, 5.74) is -1.13. The number of morpholine rings is 1. The van der Waals surface area contributed by atoms with E-state index in [1.807, 2.05) is 0 Å². The lowest BCUT2D eigenvalue weighted by Gasteiger charge is -2.26. The predicted octanol–water partition coefficient (Wildman–Crippen LogP) is 1.58. The number of alkyl halides is 3. The molecule has 1 fully saturated rings.